The average Bonchev–Trinajstić information content (AvgIpc) is 3.21. The Morgan fingerprint density at radius 2 is 1.68 bits per heavy atom. The molecular formula is C26H49N5O3. The Balaban J connectivity index is 0.000000935. The lowest BCUT2D eigenvalue weighted by Gasteiger charge is -2.26. The van der Waals surface area contributed by atoms with Crippen molar-refractivity contribution in [3.63, 3.8) is 0 Å². The second-order valence-electron chi connectivity index (χ2n) is 8.27. The van der Waals surface area contributed by atoms with E-state index in [9.17, 15) is 0 Å². The van der Waals surface area contributed by atoms with Gasteiger partial charge >= 0.3 is 0 Å². The molecule has 1 aliphatic heterocycles. The van der Waals surface area contributed by atoms with E-state index in [2.05, 4.69) is 84.5 Å². The minimum atomic E-state index is 0.250. The number of nitrogens with two attached hydrogens (primary N) is 1. The Morgan fingerprint density at radius 1 is 1.09 bits per heavy atom. The number of likely N-dealkylation sites (N-methyl/N-ethyl adjacent to an activating group) is 1. The lowest BCUT2D eigenvalue weighted by Crippen LogP contribution is -2.38. The molecule has 1 amide bonds. The number of rotatable bonds is 8. The maximum Gasteiger partial charge on any atom is 0.204 e. The second-order valence-corrected chi connectivity index (χ2v) is 8.27. The summed E-state index contributed by atoms with van der Waals surface area (Å²) >= 11 is 0. The third kappa shape index (κ3) is 12.4. The van der Waals surface area contributed by atoms with E-state index in [1.165, 1.54) is 16.5 Å². The number of nitrogens with zero attached hydrogens (tertiary/aromatic N) is 4. The molecule has 0 atom stereocenters. The van der Waals surface area contributed by atoms with Gasteiger partial charge in [0.25, 0.3) is 0 Å². The Labute approximate surface area is 207 Å². The first-order valence-electron chi connectivity index (χ1n) is 12.3. The van der Waals surface area contributed by atoms with Gasteiger partial charge in [0.1, 0.15) is 5.75 Å². The van der Waals surface area contributed by atoms with Crippen LogP contribution in [0.25, 0.3) is 10.9 Å². The number of primary amides is 1. The minimum absolute atomic E-state index is 0.250. The SMILES string of the molecule is CC.CCN(C)C.COc1ccc2c(c1)c(CCN(C)C)cn2CCN1CCOCC1.NC=O. The van der Waals surface area contributed by atoms with Crippen molar-refractivity contribution in [3.8, 4) is 5.75 Å². The highest BCUT2D eigenvalue weighted by Gasteiger charge is 2.13. The third-order valence-electron chi connectivity index (χ3n) is 5.39. The van der Waals surface area contributed by atoms with Crippen molar-refractivity contribution in [2.75, 3.05) is 81.2 Å². The van der Waals surface area contributed by atoms with E-state index in [4.69, 9.17) is 14.3 Å². The quantitative estimate of drug-likeness (QED) is 0.587. The van der Waals surface area contributed by atoms with Gasteiger partial charge in [0.05, 0.1) is 20.3 Å². The predicted octanol–water partition coefficient (Wildman–Crippen LogP) is 2.78. The van der Waals surface area contributed by atoms with Crippen LogP contribution in [0.4, 0.5) is 0 Å². The predicted molar refractivity (Wildman–Crippen MR) is 144 cm³/mol. The highest BCUT2D eigenvalue weighted by atomic mass is 16.5. The molecule has 2 heterocycles. The van der Waals surface area contributed by atoms with Gasteiger partial charge in [-0.1, -0.05) is 20.8 Å². The molecule has 8 heteroatoms. The lowest BCUT2D eigenvalue weighted by atomic mass is 10.1. The zero-order chi connectivity index (χ0) is 25.9. The molecular weight excluding hydrogens is 430 g/mol. The fraction of sp³-hybridized carbons (Fsp3) is 0.654. The summed E-state index contributed by atoms with van der Waals surface area (Å²) in [6.45, 7) is 14.2. The van der Waals surface area contributed by atoms with Crippen molar-refractivity contribution in [1.82, 2.24) is 19.3 Å². The van der Waals surface area contributed by atoms with Crippen LogP contribution in [0.2, 0.25) is 0 Å². The number of morpholine rings is 1. The topological polar surface area (TPSA) is 76.2 Å². The van der Waals surface area contributed by atoms with E-state index in [1.54, 1.807) is 7.11 Å². The number of benzene rings is 1. The molecule has 2 aromatic rings. The van der Waals surface area contributed by atoms with Gasteiger partial charge in [-0.05, 0) is 64.9 Å². The summed E-state index contributed by atoms with van der Waals surface area (Å²) in [6.07, 6.45) is 3.63. The van der Waals surface area contributed by atoms with Crippen LogP contribution < -0.4 is 10.5 Å². The molecule has 1 aromatic heterocycles. The first-order chi connectivity index (χ1) is 16.4. The maximum absolute atomic E-state index is 8.58. The maximum atomic E-state index is 8.58. The van der Waals surface area contributed by atoms with E-state index >= 15 is 0 Å². The Morgan fingerprint density at radius 3 is 2.18 bits per heavy atom. The summed E-state index contributed by atoms with van der Waals surface area (Å²) in [5, 5.41) is 1.32. The van der Waals surface area contributed by atoms with Crippen molar-refractivity contribution in [1.29, 1.82) is 0 Å². The molecule has 1 aromatic carbocycles. The number of carbonyl (C=O) groups is 1. The summed E-state index contributed by atoms with van der Waals surface area (Å²) in [7, 11) is 10.1. The van der Waals surface area contributed by atoms with E-state index in [1.807, 2.05) is 13.8 Å². The summed E-state index contributed by atoms with van der Waals surface area (Å²) in [5.74, 6) is 0.930. The fourth-order valence-electron chi connectivity index (χ4n) is 3.28. The van der Waals surface area contributed by atoms with E-state index in [0.29, 0.717) is 0 Å². The molecule has 1 fully saturated rings. The van der Waals surface area contributed by atoms with E-state index in [0.717, 1.165) is 64.7 Å². The van der Waals surface area contributed by atoms with Crippen LogP contribution in [-0.2, 0) is 22.5 Å². The Bertz CT molecular complexity index is 771. The van der Waals surface area contributed by atoms with Crippen molar-refractivity contribution in [3.05, 3.63) is 30.0 Å². The molecule has 0 bridgehead atoms. The number of fused-ring (bicyclic) bond motifs is 1. The zero-order valence-electron chi connectivity index (χ0n) is 22.8. The number of hydrogen-bond acceptors (Lipinski definition) is 6. The molecule has 8 nitrogen and oxygen atoms in total. The van der Waals surface area contributed by atoms with Crippen molar-refractivity contribution in [2.24, 2.45) is 5.73 Å². The molecule has 196 valence electrons. The van der Waals surface area contributed by atoms with E-state index < -0.39 is 0 Å². The smallest absolute Gasteiger partial charge is 0.204 e. The summed E-state index contributed by atoms with van der Waals surface area (Å²) in [6, 6.07) is 6.42. The van der Waals surface area contributed by atoms with Crippen LogP contribution in [0.5, 0.6) is 5.75 Å². The summed E-state index contributed by atoms with van der Waals surface area (Å²) in [4.78, 5) is 15.4. The van der Waals surface area contributed by atoms with Gasteiger partial charge in [0.2, 0.25) is 6.41 Å². The van der Waals surface area contributed by atoms with Gasteiger partial charge in [0, 0.05) is 49.8 Å². The van der Waals surface area contributed by atoms with Crippen molar-refractivity contribution < 1.29 is 14.3 Å². The number of carbonyl (C=O) groups excluding carboxylic acids is 1. The highest BCUT2D eigenvalue weighted by Crippen LogP contribution is 2.26. The Kier molecular flexibility index (Phi) is 18.0. The fourth-order valence-corrected chi connectivity index (χ4v) is 3.28. The van der Waals surface area contributed by atoms with Crippen LogP contribution >= 0.6 is 0 Å². The van der Waals surface area contributed by atoms with Gasteiger partial charge in [-0.15, -0.1) is 0 Å². The van der Waals surface area contributed by atoms with Gasteiger partial charge in [-0.25, -0.2) is 0 Å². The molecule has 0 unspecified atom stereocenters. The summed E-state index contributed by atoms with van der Waals surface area (Å²) < 4.78 is 13.3. The Hall–Kier alpha value is -2.13. The van der Waals surface area contributed by atoms with Crippen molar-refractivity contribution >= 4 is 17.3 Å². The second kappa shape index (κ2) is 19.2. The van der Waals surface area contributed by atoms with Gasteiger partial charge in [-0.3, -0.25) is 9.69 Å². The number of hydrogen-bond donors (Lipinski definition) is 1. The number of methoxy groups -OCH3 is 1. The molecule has 0 spiro atoms. The molecule has 0 saturated carbocycles. The first kappa shape index (κ1) is 31.9. The van der Waals surface area contributed by atoms with Crippen LogP contribution in [0.1, 0.15) is 26.3 Å². The van der Waals surface area contributed by atoms with Gasteiger partial charge in [0.15, 0.2) is 0 Å². The molecule has 34 heavy (non-hydrogen) atoms. The van der Waals surface area contributed by atoms with Gasteiger partial charge < -0.3 is 29.6 Å². The first-order valence-corrected chi connectivity index (χ1v) is 12.3. The molecule has 2 N–H and O–H groups in total. The monoisotopic (exact) mass is 479 g/mol. The number of amides is 1. The molecule has 1 saturated heterocycles. The van der Waals surface area contributed by atoms with E-state index in [-0.39, 0.29) is 6.41 Å². The molecule has 1 aliphatic rings. The molecule has 3 rings (SSSR count). The van der Waals surface area contributed by atoms with Crippen molar-refractivity contribution in [2.45, 2.75) is 33.7 Å². The largest absolute Gasteiger partial charge is 0.497 e. The zero-order valence-corrected chi connectivity index (χ0v) is 22.8. The highest BCUT2D eigenvalue weighted by molar-refractivity contribution is 5.85. The van der Waals surface area contributed by atoms with Crippen LogP contribution in [0.3, 0.4) is 0 Å². The van der Waals surface area contributed by atoms with Crippen LogP contribution in [-0.4, -0.2) is 107 Å². The average molecular weight is 480 g/mol. The van der Waals surface area contributed by atoms with Crippen LogP contribution in [0.15, 0.2) is 24.4 Å². The molecule has 0 aliphatic carbocycles. The summed E-state index contributed by atoms with van der Waals surface area (Å²) in [5.41, 5.74) is 6.87. The molecule has 0 radical (unpaired) electrons. The number of ether oxygens (including phenoxy) is 2. The number of aromatic nitrogens is 1. The van der Waals surface area contributed by atoms with Crippen LogP contribution in [0, 0.1) is 0 Å². The standard InChI is InChI=1S/C19H29N3O2.C4H11N.C2H6.CH3NO/c1-20(2)7-6-16-15-22(9-8-21-10-12-24-13-11-21)19-5-4-17(23-3)14-18(16)19;1-4-5(2)3;1-2;2-1-3/h4-5,14-15H,6-13H2,1-3H3;4H2,1-3H3;1-2H3;1H,(H2,2,3). The minimum Gasteiger partial charge on any atom is -0.497 e. The van der Waals surface area contributed by atoms with Gasteiger partial charge in [-0.2, -0.15) is 0 Å². The normalized spacial score (nSPS) is 13.4. The lowest BCUT2D eigenvalue weighted by molar-refractivity contribution is -0.106. The third-order valence-corrected chi connectivity index (χ3v) is 5.39.